The second-order valence-corrected chi connectivity index (χ2v) is 7.99. The van der Waals surface area contributed by atoms with Gasteiger partial charge < -0.3 is 15.0 Å². The Hall–Kier alpha value is -2.37. The molecule has 1 N–H and O–H groups in total. The lowest BCUT2D eigenvalue weighted by atomic mass is 9.88. The molecule has 2 aromatic rings. The number of halogens is 1. The van der Waals surface area contributed by atoms with Crippen LogP contribution < -0.4 is 10.1 Å². The van der Waals surface area contributed by atoms with Crippen LogP contribution >= 0.6 is 23.8 Å². The number of nitrogens with zero attached hydrogens (tertiary/aromatic N) is 1. The number of thiocarbonyl (C=S) groups is 1. The molecular formula is C23H25ClN2O2S. The zero-order valence-corrected chi connectivity index (χ0v) is 18.6. The normalized spacial score (nSPS) is 16.8. The number of hydrogen-bond donors (Lipinski definition) is 1. The topological polar surface area (TPSA) is 41.6 Å². The number of carbonyl (C=O) groups excluding carboxylic acids is 1. The van der Waals surface area contributed by atoms with Crippen molar-refractivity contribution in [1.29, 1.82) is 0 Å². The Kier molecular flexibility index (Phi) is 6.60. The van der Waals surface area contributed by atoms with Crippen LogP contribution in [0.25, 0.3) is 0 Å². The largest absolute Gasteiger partial charge is 0.491 e. The van der Waals surface area contributed by atoms with E-state index in [0.29, 0.717) is 33.6 Å². The monoisotopic (exact) mass is 428 g/mol. The van der Waals surface area contributed by atoms with Gasteiger partial charge in [0.15, 0.2) is 10.9 Å². The van der Waals surface area contributed by atoms with Crippen LogP contribution in [0.5, 0.6) is 5.75 Å². The molecule has 6 heteroatoms. The van der Waals surface area contributed by atoms with Crippen molar-refractivity contribution < 1.29 is 9.53 Å². The molecule has 29 heavy (non-hydrogen) atoms. The second-order valence-electron chi connectivity index (χ2n) is 7.17. The molecule has 0 radical (unpaired) electrons. The molecule has 0 aliphatic carbocycles. The van der Waals surface area contributed by atoms with Crippen molar-refractivity contribution in [2.45, 2.75) is 39.8 Å². The van der Waals surface area contributed by atoms with E-state index in [0.717, 1.165) is 11.3 Å². The predicted molar refractivity (Wildman–Crippen MR) is 122 cm³/mol. The average molecular weight is 429 g/mol. The molecule has 0 fully saturated rings. The number of allylic oxidation sites excluding steroid dienone is 1. The Labute approximate surface area is 182 Å². The van der Waals surface area contributed by atoms with Gasteiger partial charge in [0, 0.05) is 34.0 Å². The maximum absolute atomic E-state index is 13.5. The molecule has 1 heterocycles. The first-order chi connectivity index (χ1) is 13.8. The van der Waals surface area contributed by atoms with Gasteiger partial charge in [0.25, 0.3) is 0 Å². The first-order valence-electron chi connectivity index (χ1n) is 9.68. The van der Waals surface area contributed by atoms with Crippen LogP contribution in [0.3, 0.4) is 0 Å². The Morgan fingerprint density at radius 1 is 1.24 bits per heavy atom. The third kappa shape index (κ3) is 4.46. The van der Waals surface area contributed by atoms with Gasteiger partial charge in [-0.25, -0.2) is 0 Å². The van der Waals surface area contributed by atoms with Crippen LogP contribution in [0, 0.1) is 0 Å². The second kappa shape index (κ2) is 8.97. The minimum Gasteiger partial charge on any atom is -0.491 e. The van der Waals surface area contributed by atoms with Crippen molar-refractivity contribution >= 4 is 34.7 Å². The zero-order chi connectivity index (χ0) is 21.1. The Morgan fingerprint density at radius 3 is 2.55 bits per heavy atom. The summed E-state index contributed by atoms with van der Waals surface area (Å²) in [6.07, 6.45) is -0.0176. The minimum absolute atomic E-state index is 0.0176. The summed E-state index contributed by atoms with van der Waals surface area (Å²) in [6.45, 7) is 8.55. The van der Waals surface area contributed by atoms with Crippen LogP contribution in [0.15, 0.2) is 59.8 Å². The van der Waals surface area contributed by atoms with Crippen molar-refractivity contribution in [1.82, 2.24) is 10.2 Å². The smallest absolute Gasteiger partial charge is 0.193 e. The number of ketones is 1. The molecule has 1 unspecified atom stereocenters. The van der Waals surface area contributed by atoms with Gasteiger partial charge in [0.05, 0.1) is 12.1 Å². The summed E-state index contributed by atoms with van der Waals surface area (Å²) in [4.78, 5) is 15.5. The SMILES string of the molecule is CCN1C(=S)NC(c2cc(Cl)ccc2OC(C)C)C(C(=O)c2ccccc2)=C1C. The standard InChI is InChI=1S/C23H25ClN2O2S/c1-5-26-15(4)20(22(27)16-9-7-6-8-10-16)21(25-23(26)29)18-13-17(24)11-12-19(18)28-14(2)3/h6-14,21H,5H2,1-4H3,(H,25,29). The van der Waals surface area contributed by atoms with E-state index in [1.807, 2.05) is 75.1 Å². The Morgan fingerprint density at radius 2 is 1.93 bits per heavy atom. The molecule has 0 saturated carbocycles. The highest BCUT2D eigenvalue weighted by Crippen LogP contribution is 2.38. The summed E-state index contributed by atoms with van der Waals surface area (Å²) < 4.78 is 6.02. The first kappa shape index (κ1) is 21.3. The highest BCUT2D eigenvalue weighted by molar-refractivity contribution is 7.80. The van der Waals surface area contributed by atoms with E-state index in [4.69, 9.17) is 28.6 Å². The summed E-state index contributed by atoms with van der Waals surface area (Å²) in [5.41, 5.74) is 2.90. The van der Waals surface area contributed by atoms with Gasteiger partial charge in [-0.05, 0) is 58.1 Å². The molecule has 0 aromatic heterocycles. The fourth-order valence-electron chi connectivity index (χ4n) is 3.54. The van der Waals surface area contributed by atoms with Gasteiger partial charge in [-0.3, -0.25) is 4.79 Å². The van der Waals surface area contributed by atoms with E-state index < -0.39 is 6.04 Å². The van der Waals surface area contributed by atoms with Crippen molar-refractivity contribution in [3.8, 4) is 5.75 Å². The molecule has 1 atom stereocenters. The van der Waals surface area contributed by atoms with Crippen LogP contribution in [0.4, 0.5) is 0 Å². The van der Waals surface area contributed by atoms with Crippen molar-refractivity contribution in [2.75, 3.05) is 6.54 Å². The number of Topliss-reactive ketones (excluding diaryl/α,β-unsaturated/α-hetero) is 1. The van der Waals surface area contributed by atoms with E-state index in [-0.39, 0.29) is 11.9 Å². The van der Waals surface area contributed by atoms with Gasteiger partial charge in [-0.15, -0.1) is 0 Å². The van der Waals surface area contributed by atoms with Crippen LogP contribution in [0.1, 0.15) is 49.7 Å². The molecule has 0 bridgehead atoms. The first-order valence-corrected chi connectivity index (χ1v) is 10.5. The van der Waals surface area contributed by atoms with E-state index in [1.54, 1.807) is 6.07 Å². The number of benzene rings is 2. The highest BCUT2D eigenvalue weighted by Gasteiger charge is 2.35. The number of hydrogen-bond acceptors (Lipinski definition) is 3. The molecule has 2 aromatic carbocycles. The zero-order valence-electron chi connectivity index (χ0n) is 17.0. The summed E-state index contributed by atoms with van der Waals surface area (Å²) in [6, 6.07) is 14.3. The van der Waals surface area contributed by atoms with Crippen molar-refractivity contribution in [3.63, 3.8) is 0 Å². The molecule has 0 spiro atoms. The average Bonchev–Trinajstić information content (AvgIpc) is 2.69. The lowest BCUT2D eigenvalue weighted by Gasteiger charge is -2.38. The molecule has 0 amide bonds. The fourth-order valence-corrected chi connectivity index (χ4v) is 4.11. The van der Waals surface area contributed by atoms with E-state index in [1.165, 1.54) is 0 Å². The third-order valence-electron chi connectivity index (χ3n) is 4.84. The van der Waals surface area contributed by atoms with Crippen LogP contribution in [-0.4, -0.2) is 28.4 Å². The lowest BCUT2D eigenvalue weighted by molar-refractivity contribution is 0.102. The number of rotatable bonds is 6. The van der Waals surface area contributed by atoms with Gasteiger partial charge in [0.1, 0.15) is 5.75 Å². The van der Waals surface area contributed by atoms with Gasteiger partial charge in [-0.1, -0.05) is 41.9 Å². The summed E-state index contributed by atoms with van der Waals surface area (Å²) in [5, 5.41) is 4.50. The Balaban J connectivity index is 2.19. The van der Waals surface area contributed by atoms with Crippen molar-refractivity contribution in [2.24, 2.45) is 0 Å². The van der Waals surface area contributed by atoms with Gasteiger partial charge in [-0.2, -0.15) is 0 Å². The summed E-state index contributed by atoms with van der Waals surface area (Å²) >= 11 is 11.9. The Bertz CT molecular complexity index is 957. The highest BCUT2D eigenvalue weighted by atomic mass is 35.5. The number of carbonyl (C=O) groups is 1. The maximum atomic E-state index is 13.5. The van der Waals surface area contributed by atoms with Gasteiger partial charge in [0.2, 0.25) is 0 Å². The minimum atomic E-state index is -0.453. The number of ether oxygens (including phenoxy) is 1. The summed E-state index contributed by atoms with van der Waals surface area (Å²) in [5.74, 6) is 0.637. The van der Waals surface area contributed by atoms with E-state index in [9.17, 15) is 4.79 Å². The van der Waals surface area contributed by atoms with Crippen LogP contribution in [-0.2, 0) is 0 Å². The molecule has 0 saturated heterocycles. The molecular weight excluding hydrogens is 404 g/mol. The van der Waals surface area contributed by atoms with Gasteiger partial charge >= 0.3 is 0 Å². The van der Waals surface area contributed by atoms with E-state index in [2.05, 4.69) is 5.32 Å². The molecule has 152 valence electrons. The maximum Gasteiger partial charge on any atom is 0.193 e. The van der Waals surface area contributed by atoms with Crippen molar-refractivity contribution in [3.05, 3.63) is 76.0 Å². The third-order valence-corrected chi connectivity index (χ3v) is 5.41. The fraction of sp³-hybridized carbons (Fsp3) is 0.304. The summed E-state index contributed by atoms with van der Waals surface area (Å²) in [7, 11) is 0. The molecule has 1 aliphatic heterocycles. The molecule has 3 rings (SSSR count). The lowest BCUT2D eigenvalue weighted by Crippen LogP contribution is -2.47. The molecule has 1 aliphatic rings. The van der Waals surface area contributed by atoms with E-state index >= 15 is 0 Å². The number of nitrogens with one attached hydrogen (secondary N) is 1. The van der Waals surface area contributed by atoms with Crippen LogP contribution in [0.2, 0.25) is 5.02 Å². The quantitative estimate of drug-likeness (QED) is 0.483. The molecule has 4 nitrogen and oxygen atoms in total. The predicted octanol–water partition coefficient (Wildman–Crippen LogP) is 5.54.